The largest absolute Gasteiger partial charge is 0.386 e. The molecule has 0 spiro atoms. The maximum atomic E-state index is 14.0. The molecule has 210 valence electrons. The van der Waals surface area contributed by atoms with Gasteiger partial charge in [0.15, 0.2) is 6.10 Å². The minimum absolute atomic E-state index is 0.0740. The lowest BCUT2D eigenvalue weighted by Crippen LogP contribution is -2.47. The Morgan fingerprint density at radius 3 is 1.88 bits per heavy atom. The highest BCUT2D eigenvalue weighted by molar-refractivity contribution is 5.83. The average molecular weight is 557 g/mol. The maximum absolute atomic E-state index is 14.0. The number of rotatable bonds is 11. The fraction of sp³-hybridized carbons (Fsp3) is 0.167. The highest BCUT2D eigenvalue weighted by Gasteiger charge is 2.36. The van der Waals surface area contributed by atoms with Gasteiger partial charge >= 0.3 is 0 Å². The molecule has 0 bridgehead atoms. The lowest BCUT2D eigenvalue weighted by Gasteiger charge is -2.32. The van der Waals surface area contributed by atoms with Crippen molar-refractivity contribution in [2.75, 3.05) is 0 Å². The lowest BCUT2D eigenvalue weighted by atomic mass is 9.98. The molecule has 5 aromatic rings. The minimum Gasteiger partial charge on any atom is -0.386 e. The number of nitrogens with zero attached hydrogens (tertiary/aromatic N) is 2. The SMILES string of the molecule is N#Cc1ccc(C(O)C(OCc2ccc3ccccc3c2)C(O)C(=O)N(Cc2ccccc2)Cc2ccccc2)cc1. The van der Waals surface area contributed by atoms with Crippen LogP contribution in [0.2, 0.25) is 0 Å². The van der Waals surface area contributed by atoms with Gasteiger partial charge in [0.05, 0.1) is 18.2 Å². The summed E-state index contributed by atoms with van der Waals surface area (Å²) in [5, 5.41) is 34.3. The molecule has 6 nitrogen and oxygen atoms in total. The Hall–Kier alpha value is -4.80. The number of hydrogen-bond donors (Lipinski definition) is 2. The van der Waals surface area contributed by atoms with Gasteiger partial charge in [-0.25, -0.2) is 0 Å². The fourth-order valence-corrected chi connectivity index (χ4v) is 4.97. The quantitative estimate of drug-likeness (QED) is 0.211. The van der Waals surface area contributed by atoms with E-state index in [1.54, 1.807) is 29.2 Å². The molecule has 0 aliphatic rings. The summed E-state index contributed by atoms with van der Waals surface area (Å²) in [5.41, 5.74) is 3.54. The van der Waals surface area contributed by atoms with Crippen molar-refractivity contribution < 1.29 is 19.7 Å². The monoisotopic (exact) mass is 556 g/mol. The summed E-state index contributed by atoms with van der Waals surface area (Å²) in [6, 6.07) is 41.5. The summed E-state index contributed by atoms with van der Waals surface area (Å²) in [6.07, 6.45) is -4.26. The number of aliphatic hydroxyl groups excluding tert-OH is 2. The minimum atomic E-state index is -1.66. The third-order valence-electron chi connectivity index (χ3n) is 7.26. The first-order valence-electron chi connectivity index (χ1n) is 13.8. The number of nitriles is 1. The molecule has 3 atom stereocenters. The van der Waals surface area contributed by atoms with Gasteiger partial charge in [-0.2, -0.15) is 5.26 Å². The van der Waals surface area contributed by atoms with Crippen molar-refractivity contribution in [3.05, 3.63) is 155 Å². The van der Waals surface area contributed by atoms with Crippen LogP contribution in [0, 0.1) is 11.3 Å². The average Bonchev–Trinajstić information content (AvgIpc) is 3.05. The number of fused-ring (bicyclic) bond motifs is 1. The Kier molecular flexibility index (Phi) is 9.37. The van der Waals surface area contributed by atoms with E-state index in [1.807, 2.05) is 103 Å². The summed E-state index contributed by atoms with van der Waals surface area (Å²) in [7, 11) is 0. The summed E-state index contributed by atoms with van der Waals surface area (Å²) in [4.78, 5) is 15.5. The third kappa shape index (κ3) is 7.09. The zero-order chi connectivity index (χ0) is 29.3. The van der Waals surface area contributed by atoms with Gasteiger partial charge in [-0.05, 0) is 51.2 Å². The number of hydrogen-bond acceptors (Lipinski definition) is 5. The van der Waals surface area contributed by atoms with Crippen molar-refractivity contribution in [2.45, 2.75) is 38.0 Å². The first kappa shape index (κ1) is 28.7. The van der Waals surface area contributed by atoms with Crippen molar-refractivity contribution >= 4 is 16.7 Å². The molecule has 42 heavy (non-hydrogen) atoms. The summed E-state index contributed by atoms with van der Waals surface area (Å²) in [5.74, 6) is -0.557. The Balaban J connectivity index is 1.43. The van der Waals surface area contributed by atoms with Gasteiger partial charge in [0, 0.05) is 13.1 Å². The predicted octanol–water partition coefficient (Wildman–Crippen LogP) is 5.92. The van der Waals surface area contributed by atoms with Gasteiger partial charge in [-0.1, -0.05) is 109 Å². The van der Waals surface area contributed by atoms with E-state index in [0.717, 1.165) is 27.5 Å². The van der Waals surface area contributed by atoms with Gasteiger partial charge in [0.1, 0.15) is 12.2 Å². The van der Waals surface area contributed by atoms with Crippen LogP contribution in [0.3, 0.4) is 0 Å². The molecular formula is C36H32N2O4. The molecule has 0 saturated heterocycles. The van der Waals surface area contributed by atoms with Crippen molar-refractivity contribution in [2.24, 2.45) is 0 Å². The number of amides is 1. The number of carbonyl (C=O) groups is 1. The van der Waals surface area contributed by atoms with Crippen LogP contribution in [0.1, 0.15) is 33.9 Å². The molecule has 0 aliphatic carbocycles. The second-order valence-corrected chi connectivity index (χ2v) is 10.2. The summed E-state index contributed by atoms with van der Waals surface area (Å²) < 4.78 is 6.17. The van der Waals surface area contributed by atoms with Crippen LogP contribution in [0.25, 0.3) is 10.8 Å². The van der Waals surface area contributed by atoms with Crippen LogP contribution >= 0.6 is 0 Å². The van der Waals surface area contributed by atoms with Gasteiger partial charge < -0.3 is 19.8 Å². The van der Waals surface area contributed by atoms with E-state index >= 15 is 0 Å². The molecule has 0 saturated carbocycles. The van der Waals surface area contributed by atoms with E-state index in [-0.39, 0.29) is 19.7 Å². The van der Waals surface area contributed by atoms with Gasteiger partial charge in [0.25, 0.3) is 5.91 Å². The van der Waals surface area contributed by atoms with Crippen molar-refractivity contribution in [1.82, 2.24) is 4.90 Å². The van der Waals surface area contributed by atoms with Crippen LogP contribution in [0.4, 0.5) is 0 Å². The molecule has 2 N–H and O–H groups in total. The van der Waals surface area contributed by atoms with Crippen molar-refractivity contribution in [3.63, 3.8) is 0 Å². The Morgan fingerprint density at radius 1 is 0.714 bits per heavy atom. The molecule has 5 aromatic carbocycles. The van der Waals surface area contributed by atoms with Crippen LogP contribution in [-0.2, 0) is 29.2 Å². The molecule has 0 fully saturated rings. The maximum Gasteiger partial charge on any atom is 0.254 e. The van der Waals surface area contributed by atoms with E-state index < -0.39 is 24.2 Å². The van der Waals surface area contributed by atoms with E-state index in [4.69, 9.17) is 4.74 Å². The van der Waals surface area contributed by atoms with Crippen LogP contribution in [-0.4, -0.2) is 33.2 Å². The standard InChI is InChI=1S/C36H32N2O4/c37-22-26-15-19-31(20-16-26)33(39)35(42-25-29-17-18-30-13-7-8-14-32(30)21-29)34(40)36(41)38(23-27-9-3-1-4-10-27)24-28-11-5-2-6-12-28/h1-21,33-35,39-40H,23-25H2. The zero-order valence-electron chi connectivity index (χ0n) is 23.1. The Labute approximate surface area is 245 Å². The van der Waals surface area contributed by atoms with Gasteiger partial charge in [0.2, 0.25) is 0 Å². The number of ether oxygens (including phenoxy) is 1. The Bertz CT molecular complexity index is 1610. The van der Waals surface area contributed by atoms with E-state index in [1.165, 1.54) is 0 Å². The molecule has 6 heteroatoms. The molecule has 1 amide bonds. The molecular weight excluding hydrogens is 524 g/mol. The molecule has 0 heterocycles. The van der Waals surface area contributed by atoms with Crippen LogP contribution in [0.5, 0.6) is 0 Å². The number of carbonyl (C=O) groups excluding carboxylic acids is 1. The topological polar surface area (TPSA) is 93.8 Å². The number of aliphatic hydroxyl groups is 2. The third-order valence-corrected chi connectivity index (χ3v) is 7.26. The highest BCUT2D eigenvalue weighted by Crippen LogP contribution is 2.26. The van der Waals surface area contributed by atoms with Crippen LogP contribution < -0.4 is 0 Å². The van der Waals surface area contributed by atoms with E-state index in [9.17, 15) is 20.3 Å². The van der Waals surface area contributed by atoms with E-state index in [0.29, 0.717) is 11.1 Å². The van der Waals surface area contributed by atoms with Gasteiger partial charge in [-0.15, -0.1) is 0 Å². The number of benzene rings is 5. The predicted molar refractivity (Wildman–Crippen MR) is 162 cm³/mol. The second kappa shape index (κ2) is 13.7. The fourth-order valence-electron chi connectivity index (χ4n) is 4.97. The van der Waals surface area contributed by atoms with Crippen molar-refractivity contribution in [3.8, 4) is 6.07 Å². The molecule has 0 radical (unpaired) electrons. The highest BCUT2D eigenvalue weighted by atomic mass is 16.5. The molecule has 5 rings (SSSR count). The summed E-state index contributed by atoms with van der Waals surface area (Å²) >= 11 is 0. The van der Waals surface area contributed by atoms with Crippen molar-refractivity contribution in [1.29, 1.82) is 5.26 Å². The lowest BCUT2D eigenvalue weighted by molar-refractivity contribution is -0.161. The molecule has 0 aliphatic heterocycles. The Morgan fingerprint density at radius 2 is 1.29 bits per heavy atom. The molecule has 0 aromatic heterocycles. The first-order chi connectivity index (χ1) is 20.5. The summed E-state index contributed by atoms with van der Waals surface area (Å²) in [6.45, 7) is 0.622. The van der Waals surface area contributed by atoms with E-state index in [2.05, 4.69) is 6.07 Å². The van der Waals surface area contributed by atoms with Crippen LogP contribution in [0.15, 0.2) is 127 Å². The smallest absolute Gasteiger partial charge is 0.254 e. The zero-order valence-corrected chi connectivity index (χ0v) is 23.1. The molecule has 3 unspecified atom stereocenters. The van der Waals surface area contributed by atoms with Gasteiger partial charge in [-0.3, -0.25) is 4.79 Å². The normalized spacial score (nSPS) is 13.2. The second-order valence-electron chi connectivity index (χ2n) is 10.2. The first-order valence-corrected chi connectivity index (χ1v) is 13.8.